The van der Waals surface area contributed by atoms with Gasteiger partial charge in [0.25, 0.3) is 11.8 Å². The lowest BCUT2D eigenvalue weighted by Crippen LogP contribution is -2.34. The molecule has 3 aromatic rings. The number of likely N-dealkylation sites (tertiary alicyclic amines) is 1. The minimum absolute atomic E-state index is 0.0276. The number of carbonyl (C=O) groups is 2. The molecule has 0 radical (unpaired) electrons. The number of benzene rings is 2. The van der Waals surface area contributed by atoms with Crippen molar-refractivity contribution in [1.29, 1.82) is 0 Å². The van der Waals surface area contributed by atoms with E-state index in [1.807, 2.05) is 43.3 Å². The number of anilines is 1. The summed E-state index contributed by atoms with van der Waals surface area (Å²) in [5.74, 6) is -0.219. The minimum Gasteiger partial charge on any atom is -0.337 e. The molecule has 0 spiro atoms. The van der Waals surface area contributed by atoms with Crippen LogP contribution in [0.1, 0.15) is 26.5 Å². The van der Waals surface area contributed by atoms with Gasteiger partial charge in [-0.05, 0) is 50.8 Å². The fraction of sp³-hybridized carbons (Fsp3) is 0.273. The predicted molar refractivity (Wildman–Crippen MR) is 119 cm³/mol. The zero-order chi connectivity index (χ0) is 20.5. The number of nitrogens with one attached hydrogen (secondary N) is 1. The topological polar surface area (TPSA) is 52.6 Å². The minimum atomic E-state index is -0.247. The van der Waals surface area contributed by atoms with Gasteiger partial charge in [-0.3, -0.25) is 9.59 Å². The molecule has 7 heteroatoms. The highest BCUT2D eigenvalue weighted by molar-refractivity contribution is 7.21. The number of halogens is 1. The first-order chi connectivity index (χ1) is 13.9. The molecule has 150 valence electrons. The molecular weight excluding hydrogens is 406 g/mol. The Kier molecular flexibility index (Phi) is 5.58. The van der Waals surface area contributed by atoms with E-state index in [0.717, 1.165) is 29.6 Å². The lowest BCUT2D eigenvalue weighted by Gasteiger charge is -2.20. The molecule has 1 fully saturated rings. The van der Waals surface area contributed by atoms with Crippen LogP contribution in [-0.2, 0) is 0 Å². The van der Waals surface area contributed by atoms with Crippen LogP contribution < -0.4 is 5.32 Å². The normalized spacial score (nSPS) is 16.6. The molecule has 4 rings (SSSR count). The highest BCUT2D eigenvalue weighted by atomic mass is 35.5. The van der Waals surface area contributed by atoms with Crippen molar-refractivity contribution in [2.24, 2.45) is 0 Å². The highest BCUT2D eigenvalue weighted by Crippen LogP contribution is 2.35. The van der Waals surface area contributed by atoms with Gasteiger partial charge in [0.05, 0.1) is 5.02 Å². The molecule has 1 aliphatic heterocycles. The van der Waals surface area contributed by atoms with E-state index in [-0.39, 0.29) is 11.8 Å². The number of likely N-dealkylation sites (N-methyl/N-ethyl adjacent to an activating group) is 1. The summed E-state index contributed by atoms with van der Waals surface area (Å²) in [6.45, 7) is 1.51. The molecule has 2 aromatic carbocycles. The SMILES string of the molecule is CN(C)C1CCN(C(=O)c2ccc(NC(=O)c3sc4ccccc4c3Cl)cc2)C1. The van der Waals surface area contributed by atoms with Gasteiger partial charge >= 0.3 is 0 Å². The molecule has 1 aliphatic rings. The van der Waals surface area contributed by atoms with Crippen molar-refractivity contribution in [1.82, 2.24) is 9.80 Å². The molecule has 0 saturated carbocycles. The van der Waals surface area contributed by atoms with Crippen LogP contribution in [0.25, 0.3) is 10.1 Å². The van der Waals surface area contributed by atoms with Crippen molar-refractivity contribution in [2.45, 2.75) is 12.5 Å². The molecule has 2 heterocycles. The van der Waals surface area contributed by atoms with Crippen LogP contribution in [0.5, 0.6) is 0 Å². The smallest absolute Gasteiger partial charge is 0.267 e. The van der Waals surface area contributed by atoms with Gasteiger partial charge in [0.2, 0.25) is 0 Å². The summed E-state index contributed by atoms with van der Waals surface area (Å²) in [7, 11) is 4.08. The summed E-state index contributed by atoms with van der Waals surface area (Å²) >= 11 is 7.76. The molecule has 1 N–H and O–H groups in total. The molecule has 1 aromatic heterocycles. The van der Waals surface area contributed by atoms with Gasteiger partial charge in [0, 0.05) is 40.5 Å². The molecule has 29 heavy (non-hydrogen) atoms. The Labute approximate surface area is 178 Å². The molecule has 1 unspecified atom stereocenters. The standard InChI is InChI=1S/C22H22ClN3O2S/c1-25(2)16-11-12-26(13-16)22(28)14-7-9-15(10-8-14)24-21(27)20-19(23)17-5-3-4-6-18(17)29-20/h3-10,16H,11-13H2,1-2H3,(H,24,27). The number of hydrogen-bond acceptors (Lipinski definition) is 4. The molecule has 5 nitrogen and oxygen atoms in total. The molecule has 2 amide bonds. The first kappa shape index (κ1) is 19.9. The Morgan fingerprint density at radius 2 is 1.86 bits per heavy atom. The third-order valence-electron chi connectivity index (χ3n) is 5.31. The first-order valence-corrected chi connectivity index (χ1v) is 10.7. The van der Waals surface area contributed by atoms with E-state index in [1.165, 1.54) is 11.3 Å². The van der Waals surface area contributed by atoms with Gasteiger partial charge in [-0.1, -0.05) is 29.8 Å². The Bertz CT molecular complexity index is 1060. The summed E-state index contributed by atoms with van der Waals surface area (Å²) in [4.78, 5) is 29.9. The molecule has 0 bridgehead atoms. The maximum Gasteiger partial charge on any atom is 0.267 e. The average Bonchev–Trinajstić information content (AvgIpc) is 3.34. The third kappa shape index (κ3) is 4.01. The van der Waals surface area contributed by atoms with Crippen LogP contribution in [0, 0.1) is 0 Å². The van der Waals surface area contributed by atoms with E-state index < -0.39 is 0 Å². The highest BCUT2D eigenvalue weighted by Gasteiger charge is 2.28. The second kappa shape index (κ2) is 8.14. The van der Waals surface area contributed by atoms with E-state index >= 15 is 0 Å². The second-order valence-corrected chi connectivity index (χ2v) is 8.86. The van der Waals surface area contributed by atoms with Crippen molar-refractivity contribution < 1.29 is 9.59 Å². The fourth-order valence-corrected chi connectivity index (χ4v) is 4.99. The van der Waals surface area contributed by atoms with Crippen LogP contribution in [0.4, 0.5) is 5.69 Å². The van der Waals surface area contributed by atoms with Crippen molar-refractivity contribution in [2.75, 3.05) is 32.5 Å². The summed E-state index contributed by atoms with van der Waals surface area (Å²) in [5, 5.41) is 4.23. The summed E-state index contributed by atoms with van der Waals surface area (Å²) < 4.78 is 0.977. The number of thiophene rings is 1. The van der Waals surface area contributed by atoms with E-state index in [1.54, 1.807) is 24.3 Å². The maximum atomic E-state index is 12.7. The summed E-state index contributed by atoms with van der Waals surface area (Å²) in [6.07, 6.45) is 0.989. The van der Waals surface area contributed by atoms with Crippen molar-refractivity contribution in [3.05, 3.63) is 64.0 Å². The van der Waals surface area contributed by atoms with Gasteiger partial charge in [0.15, 0.2) is 0 Å². The molecule has 0 aliphatic carbocycles. The number of carbonyl (C=O) groups excluding carboxylic acids is 2. The molecular formula is C22H22ClN3O2S. The van der Waals surface area contributed by atoms with Crippen LogP contribution in [-0.4, -0.2) is 54.8 Å². The number of hydrogen-bond donors (Lipinski definition) is 1. The predicted octanol–water partition coefficient (Wildman–Crippen LogP) is 4.58. The van der Waals surface area contributed by atoms with E-state index in [0.29, 0.717) is 27.2 Å². The Morgan fingerprint density at radius 3 is 2.52 bits per heavy atom. The van der Waals surface area contributed by atoms with E-state index in [2.05, 4.69) is 10.2 Å². The quantitative estimate of drug-likeness (QED) is 0.662. The van der Waals surface area contributed by atoms with Crippen LogP contribution in [0.15, 0.2) is 48.5 Å². The van der Waals surface area contributed by atoms with Crippen LogP contribution >= 0.6 is 22.9 Å². The maximum absolute atomic E-state index is 12.7. The van der Waals surface area contributed by atoms with E-state index in [4.69, 9.17) is 11.6 Å². The zero-order valence-corrected chi connectivity index (χ0v) is 17.9. The van der Waals surface area contributed by atoms with Gasteiger partial charge in [-0.2, -0.15) is 0 Å². The van der Waals surface area contributed by atoms with Gasteiger partial charge in [-0.15, -0.1) is 11.3 Å². The first-order valence-electron chi connectivity index (χ1n) is 9.48. The number of rotatable bonds is 4. The number of amides is 2. The summed E-state index contributed by atoms with van der Waals surface area (Å²) in [5.41, 5.74) is 1.26. The zero-order valence-electron chi connectivity index (χ0n) is 16.3. The van der Waals surface area contributed by atoms with Gasteiger partial charge in [0.1, 0.15) is 4.88 Å². The second-order valence-electron chi connectivity index (χ2n) is 7.43. The Hall–Kier alpha value is -2.41. The molecule has 1 atom stereocenters. The number of fused-ring (bicyclic) bond motifs is 1. The van der Waals surface area contributed by atoms with Gasteiger partial charge < -0.3 is 15.1 Å². The Morgan fingerprint density at radius 1 is 1.14 bits per heavy atom. The van der Waals surface area contributed by atoms with Crippen LogP contribution in [0.2, 0.25) is 5.02 Å². The van der Waals surface area contributed by atoms with Crippen molar-refractivity contribution in [3.8, 4) is 0 Å². The van der Waals surface area contributed by atoms with Gasteiger partial charge in [-0.25, -0.2) is 0 Å². The largest absolute Gasteiger partial charge is 0.337 e. The average molecular weight is 428 g/mol. The fourth-order valence-electron chi connectivity index (χ4n) is 3.57. The lowest BCUT2D eigenvalue weighted by atomic mass is 10.2. The summed E-state index contributed by atoms with van der Waals surface area (Å²) in [6, 6.07) is 15.1. The number of nitrogens with zero attached hydrogens (tertiary/aromatic N) is 2. The van der Waals surface area contributed by atoms with Crippen molar-refractivity contribution >= 4 is 50.5 Å². The lowest BCUT2D eigenvalue weighted by molar-refractivity contribution is 0.0783. The van der Waals surface area contributed by atoms with E-state index in [9.17, 15) is 9.59 Å². The molecule has 1 saturated heterocycles. The Balaban J connectivity index is 1.45. The third-order valence-corrected chi connectivity index (χ3v) is 6.99. The monoisotopic (exact) mass is 427 g/mol. The van der Waals surface area contributed by atoms with Crippen LogP contribution in [0.3, 0.4) is 0 Å². The van der Waals surface area contributed by atoms with Crippen molar-refractivity contribution in [3.63, 3.8) is 0 Å².